The maximum absolute atomic E-state index is 13.0. The molecule has 132 valence electrons. The van der Waals surface area contributed by atoms with E-state index in [4.69, 9.17) is 0 Å². The van der Waals surface area contributed by atoms with E-state index in [1.165, 1.54) is 35.1 Å². The summed E-state index contributed by atoms with van der Waals surface area (Å²) >= 11 is 1.46. The van der Waals surface area contributed by atoms with Gasteiger partial charge in [-0.05, 0) is 41.8 Å². The molecular weight excluding hydrogens is 347 g/mol. The molecule has 1 unspecified atom stereocenters. The standard InChI is InChI=1S/C21H19FN2OS/c1-15(16-5-3-2-4-6-16)13-23-20(25)12-11-19-14-26-21(24-19)17-7-9-18(22)10-8-17/h2-12,14-15H,13H2,1H3,(H,23,25)/b12-11+. The maximum Gasteiger partial charge on any atom is 0.244 e. The van der Waals surface area contributed by atoms with E-state index in [0.717, 1.165) is 10.6 Å². The molecule has 0 aliphatic carbocycles. The molecule has 0 aliphatic heterocycles. The summed E-state index contributed by atoms with van der Waals surface area (Å²) in [7, 11) is 0. The second-order valence-electron chi connectivity index (χ2n) is 5.97. The number of rotatable bonds is 6. The van der Waals surface area contributed by atoms with Crippen molar-refractivity contribution in [2.75, 3.05) is 6.54 Å². The summed E-state index contributed by atoms with van der Waals surface area (Å²) in [4.78, 5) is 16.5. The average molecular weight is 366 g/mol. The lowest BCUT2D eigenvalue weighted by Gasteiger charge is -2.11. The smallest absolute Gasteiger partial charge is 0.244 e. The molecule has 0 saturated heterocycles. The van der Waals surface area contributed by atoms with E-state index >= 15 is 0 Å². The fourth-order valence-electron chi connectivity index (χ4n) is 2.46. The molecule has 5 heteroatoms. The molecule has 1 amide bonds. The topological polar surface area (TPSA) is 42.0 Å². The minimum absolute atomic E-state index is 0.149. The molecule has 1 aromatic heterocycles. The van der Waals surface area contributed by atoms with Gasteiger partial charge < -0.3 is 5.32 Å². The van der Waals surface area contributed by atoms with Crippen molar-refractivity contribution in [2.45, 2.75) is 12.8 Å². The zero-order valence-electron chi connectivity index (χ0n) is 14.4. The van der Waals surface area contributed by atoms with Crippen LogP contribution in [0.3, 0.4) is 0 Å². The molecule has 0 saturated carbocycles. The molecule has 3 rings (SSSR count). The predicted octanol–water partition coefficient (Wildman–Crippen LogP) is 4.88. The van der Waals surface area contributed by atoms with Gasteiger partial charge in [-0.3, -0.25) is 4.79 Å². The summed E-state index contributed by atoms with van der Waals surface area (Å²) in [6.45, 7) is 2.65. The Morgan fingerprint density at radius 1 is 1.19 bits per heavy atom. The fraction of sp³-hybridized carbons (Fsp3) is 0.143. The van der Waals surface area contributed by atoms with Crippen LogP contribution in [-0.2, 0) is 4.79 Å². The maximum atomic E-state index is 13.0. The second-order valence-corrected chi connectivity index (χ2v) is 6.83. The van der Waals surface area contributed by atoms with Gasteiger partial charge in [0.2, 0.25) is 5.91 Å². The molecule has 1 atom stereocenters. The van der Waals surface area contributed by atoms with Crippen LogP contribution in [0.15, 0.2) is 66.1 Å². The van der Waals surface area contributed by atoms with Crippen molar-refractivity contribution in [2.24, 2.45) is 0 Å². The van der Waals surface area contributed by atoms with Crippen LogP contribution in [0.25, 0.3) is 16.6 Å². The summed E-state index contributed by atoms with van der Waals surface area (Å²) in [5.74, 6) is -0.172. The van der Waals surface area contributed by atoms with Gasteiger partial charge in [0.25, 0.3) is 0 Å². The average Bonchev–Trinajstić information content (AvgIpc) is 3.14. The Morgan fingerprint density at radius 2 is 1.92 bits per heavy atom. The molecular formula is C21H19FN2OS. The quantitative estimate of drug-likeness (QED) is 0.632. The highest BCUT2D eigenvalue weighted by atomic mass is 32.1. The SMILES string of the molecule is CC(CNC(=O)/C=C/c1csc(-c2ccc(F)cc2)n1)c1ccccc1. The van der Waals surface area contributed by atoms with E-state index < -0.39 is 0 Å². The number of halogens is 1. The van der Waals surface area contributed by atoms with Crippen molar-refractivity contribution in [1.29, 1.82) is 0 Å². The molecule has 0 bridgehead atoms. The number of aromatic nitrogens is 1. The normalized spacial score (nSPS) is 12.2. The molecule has 3 aromatic rings. The van der Waals surface area contributed by atoms with Crippen molar-refractivity contribution in [3.63, 3.8) is 0 Å². The van der Waals surface area contributed by atoms with Crippen LogP contribution in [0.4, 0.5) is 4.39 Å². The lowest BCUT2D eigenvalue weighted by atomic mass is 10.0. The van der Waals surface area contributed by atoms with Crippen molar-refractivity contribution in [3.05, 3.63) is 83.1 Å². The van der Waals surface area contributed by atoms with Gasteiger partial charge in [-0.2, -0.15) is 0 Å². The van der Waals surface area contributed by atoms with E-state index in [1.807, 2.05) is 23.6 Å². The van der Waals surface area contributed by atoms with Crippen LogP contribution < -0.4 is 5.32 Å². The third-order valence-electron chi connectivity index (χ3n) is 3.97. The van der Waals surface area contributed by atoms with E-state index in [1.54, 1.807) is 18.2 Å². The van der Waals surface area contributed by atoms with Gasteiger partial charge in [-0.15, -0.1) is 11.3 Å². The molecule has 0 spiro atoms. The Bertz CT molecular complexity index is 888. The van der Waals surface area contributed by atoms with Gasteiger partial charge in [0, 0.05) is 23.6 Å². The zero-order valence-corrected chi connectivity index (χ0v) is 15.2. The van der Waals surface area contributed by atoms with Gasteiger partial charge in [-0.1, -0.05) is 37.3 Å². The highest BCUT2D eigenvalue weighted by Crippen LogP contribution is 2.24. The van der Waals surface area contributed by atoms with Gasteiger partial charge in [0.05, 0.1) is 5.69 Å². The highest BCUT2D eigenvalue weighted by Gasteiger charge is 2.06. The number of hydrogen-bond acceptors (Lipinski definition) is 3. The summed E-state index contributed by atoms with van der Waals surface area (Å²) in [5, 5.41) is 5.57. The number of amides is 1. The van der Waals surface area contributed by atoms with Crippen molar-refractivity contribution in [1.82, 2.24) is 10.3 Å². The minimum atomic E-state index is -0.271. The van der Waals surface area contributed by atoms with E-state index in [2.05, 4.69) is 29.4 Å². The Balaban J connectivity index is 1.54. The largest absolute Gasteiger partial charge is 0.352 e. The first-order chi connectivity index (χ1) is 12.6. The first kappa shape index (κ1) is 18.0. The van der Waals surface area contributed by atoms with Gasteiger partial charge >= 0.3 is 0 Å². The molecule has 0 aliphatic rings. The number of carbonyl (C=O) groups is 1. The Hall–Kier alpha value is -2.79. The number of hydrogen-bond donors (Lipinski definition) is 1. The first-order valence-electron chi connectivity index (χ1n) is 8.34. The second kappa shape index (κ2) is 8.54. The van der Waals surface area contributed by atoms with Crippen LogP contribution >= 0.6 is 11.3 Å². The third-order valence-corrected chi connectivity index (χ3v) is 4.88. The van der Waals surface area contributed by atoms with Gasteiger partial charge in [0.1, 0.15) is 10.8 Å². The lowest BCUT2D eigenvalue weighted by molar-refractivity contribution is -0.116. The molecule has 1 heterocycles. The first-order valence-corrected chi connectivity index (χ1v) is 9.22. The summed E-state index contributed by atoms with van der Waals surface area (Å²) in [6.07, 6.45) is 3.17. The van der Waals surface area contributed by atoms with Crippen molar-refractivity contribution >= 4 is 23.3 Å². The van der Waals surface area contributed by atoms with E-state index in [-0.39, 0.29) is 17.6 Å². The molecule has 1 N–H and O–H groups in total. The number of nitrogens with one attached hydrogen (secondary N) is 1. The van der Waals surface area contributed by atoms with Crippen molar-refractivity contribution < 1.29 is 9.18 Å². The van der Waals surface area contributed by atoms with Crippen LogP contribution in [0.2, 0.25) is 0 Å². The zero-order chi connectivity index (χ0) is 18.4. The molecule has 3 nitrogen and oxygen atoms in total. The van der Waals surface area contributed by atoms with E-state index in [0.29, 0.717) is 12.2 Å². The summed E-state index contributed by atoms with van der Waals surface area (Å²) in [5.41, 5.74) is 2.76. The number of benzene rings is 2. The molecule has 2 aromatic carbocycles. The van der Waals surface area contributed by atoms with Gasteiger partial charge in [0.15, 0.2) is 0 Å². The minimum Gasteiger partial charge on any atom is -0.352 e. The predicted molar refractivity (Wildman–Crippen MR) is 104 cm³/mol. The van der Waals surface area contributed by atoms with Crippen LogP contribution in [0, 0.1) is 5.82 Å². The highest BCUT2D eigenvalue weighted by molar-refractivity contribution is 7.13. The monoisotopic (exact) mass is 366 g/mol. The fourth-order valence-corrected chi connectivity index (χ4v) is 3.25. The summed E-state index contributed by atoms with van der Waals surface area (Å²) in [6, 6.07) is 16.3. The Kier molecular flexibility index (Phi) is 5.92. The number of nitrogens with zero attached hydrogens (tertiary/aromatic N) is 1. The Morgan fingerprint density at radius 3 is 2.65 bits per heavy atom. The van der Waals surface area contributed by atoms with Crippen molar-refractivity contribution in [3.8, 4) is 10.6 Å². The van der Waals surface area contributed by atoms with E-state index in [9.17, 15) is 9.18 Å². The van der Waals surface area contributed by atoms with Crippen LogP contribution in [0.5, 0.6) is 0 Å². The Labute approximate surface area is 156 Å². The number of thiazole rings is 1. The van der Waals surface area contributed by atoms with Crippen LogP contribution in [0.1, 0.15) is 24.1 Å². The third kappa shape index (κ3) is 4.86. The summed E-state index contributed by atoms with van der Waals surface area (Å²) < 4.78 is 13.0. The van der Waals surface area contributed by atoms with Gasteiger partial charge in [-0.25, -0.2) is 9.37 Å². The molecule has 0 radical (unpaired) electrons. The lowest BCUT2D eigenvalue weighted by Crippen LogP contribution is -2.25. The van der Waals surface area contributed by atoms with Crippen LogP contribution in [-0.4, -0.2) is 17.4 Å². The number of carbonyl (C=O) groups excluding carboxylic acids is 1. The molecule has 26 heavy (non-hydrogen) atoms. The molecule has 0 fully saturated rings.